The molecule has 0 aliphatic rings. The van der Waals surface area contributed by atoms with Gasteiger partial charge in [0.1, 0.15) is 22.8 Å². The maximum atomic E-state index is 12.5. The SMILES string of the molecule is COc1ccc2c(C)c(C(=O)NCc3cc(CC(C)C)on3)oc2c1. The fourth-order valence-corrected chi connectivity index (χ4v) is 2.74. The van der Waals surface area contributed by atoms with E-state index in [4.69, 9.17) is 13.7 Å². The zero-order valence-corrected chi connectivity index (χ0v) is 14.9. The fraction of sp³-hybridized carbons (Fsp3) is 0.368. The second-order valence-corrected chi connectivity index (χ2v) is 6.48. The number of benzene rings is 1. The number of nitrogens with one attached hydrogen (secondary N) is 1. The molecule has 1 N–H and O–H groups in total. The van der Waals surface area contributed by atoms with E-state index >= 15 is 0 Å². The minimum absolute atomic E-state index is 0.277. The summed E-state index contributed by atoms with van der Waals surface area (Å²) in [6.45, 7) is 6.39. The minimum atomic E-state index is -0.277. The lowest BCUT2D eigenvalue weighted by Gasteiger charge is -2.00. The van der Waals surface area contributed by atoms with Crippen molar-refractivity contribution in [3.8, 4) is 5.75 Å². The Bertz CT molecular complexity index is 892. The van der Waals surface area contributed by atoms with Crippen molar-refractivity contribution in [2.24, 2.45) is 5.92 Å². The van der Waals surface area contributed by atoms with E-state index in [0.29, 0.717) is 35.2 Å². The van der Waals surface area contributed by atoms with E-state index in [0.717, 1.165) is 23.1 Å². The molecule has 0 bridgehead atoms. The second kappa shape index (κ2) is 7.01. The number of aryl methyl sites for hydroxylation is 1. The van der Waals surface area contributed by atoms with Gasteiger partial charge in [-0.15, -0.1) is 0 Å². The molecule has 25 heavy (non-hydrogen) atoms. The van der Waals surface area contributed by atoms with Crippen LogP contribution in [0.2, 0.25) is 0 Å². The number of hydrogen-bond donors (Lipinski definition) is 1. The first-order valence-corrected chi connectivity index (χ1v) is 8.27. The van der Waals surface area contributed by atoms with Gasteiger partial charge >= 0.3 is 0 Å². The highest BCUT2D eigenvalue weighted by atomic mass is 16.5. The van der Waals surface area contributed by atoms with Crippen molar-refractivity contribution in [3.05, 3.63) is 47.0 Å². The van der Waals surface area contributed by atoms with Crippen LogP contribution in [0.5, 0.6) is 5.75 Å². The molecule has 2 aromatic heterocycles. The number of methoxy groups -OCH3 is 1. The summed E-state index contributed by atoms with van der Waals surface area (Å²) in [5.41, 5.74) is 2.12. The summed E-state index contributed by atoms with van der Waals surface area (Å²) in [5.74, 6) is 2.03. The summed E-state index contributed by atoms with van der Waals surface area (Å²) < 4.78 is 16.2. The van der Waals surface area contributed by atoms with Gasteiger partial charge in [-0.2, -0.15) is 0 Å². The zero-order valence-electron chi connectivity index (χ0n) is 14.9. The summed E-state index contributed by atoms with van der Waals surface area (Å²) in [6.07, 6.45) is 0.825. The van der Waals surface area contributed by atoms with Crippen molar-refractivity contribution in [2.75, 3.05) is 7.11 Å². The van der Waals surface area contributed by atoms with E-state index < -0.39 is 0 Å². The van der Waals surface area contributed by atoms with E-state index in [2.05, 4.69) is 24.3 Å². The number of fused-ring (bicyclic) bond motifs is 1. The van der Waals surface area contributed by atoms with Crippen molar-refractivity contribution < 1.29 is 18.5 Å². The lowest BCUT2D eigenvalue weighted by atomic mass is 10.1. The maximum Gasteiger partial charge on any atom is 0.287 e. The van der Waals surface area contributed by atoms with Gasteiger partial charge in [0.25, 0.3) is 5.91 Å². The van der Waals surface area contributed by atoms with Crippen LogP contribution in [0.3, 0.4) is 0 Å². The van der Waals surface area contributed by atoms with Crippen LogP contribution in [-0.4, -0.2) is 18.2 Å². The smallest absolute Gasteiger partial charge is 0.287 e. The molecule has 0 fully saturated rings. The van der Waals surface area contributed by atoms with Crippen LogP contribution in [0, 0.1) is 12.8 Å². The van der Waals surface area contributed by atoms with Gasteiger partial charge in [-0.3, -0.25) is 4.79 Å². The predicted octanol–water partition coefficient (Wildman–Crippen LogP) is 3.87. The maximum absolute atomic E-state index is 12.5. The second-order valence-electron chi connectivity index (χ2n) is 6.48. The standard InChI is InChI=1S/C19H22N2O4/c1-11(2)7-15-8-13(21-25-15)10-20-19(22)18-12(3)16-6-5-14(23-4)9-17(16)24-18/h5-6,8-9,11H,7,10H2,1-4H3,(H,20,22). The van der Waals surface area contributed by atoms with E-state index in [1.165, 1.54) is 0 Å². The molecule has 0 unspecified atom stereocenters. The number of ether oxygens (including phenoxy) is 1. The van der Waals surface area contributed by atoms with Gasteiger partial charge in [-0.25, -0.2) is 0 Å². The first-order valence-electron chi connectivity index (χ1n) is 8.27. The minimum Gasteiger partial charge on any atom is -0.497 e. The van der Waals surface area contributed by atoms with Gasteiger partial charge < -0.3 is 19.0 Å². The highest BCUT2D eigenvalue weighted by Crippen LogP contribution is 2.28. The number of carbonyl (C=O) groups excluding carboxylic acids is 1. The molecule has 0 atom stereocenters. The molecule has 0 aliphatic carbocycles. The molecular weight excluding hydrogens is 320 g/mol. The summed E-state index contributed by atoms with van der Waals surface area (Å²) in [6, 6.07) is 7.38. The molecule has 1 amide bonds. The van der Waals surface area contributed by atoms with Crippen LogP contribution >= 0.6 is 0 Å². The average molecular weight is 342 g/mol. The van der Waals surface area contributed by atoms with Crippen molar-refractivity contribution >= 4 is 16.9 Å². The Balaban J connectivity index is 1.71. The van der Waals surface area contributed by atoms with Gasteiger partial charge in [-0.05, 0) is 25.0 Å². The lowest BCUT2D eigenvalue weighted by Crippen LogP contribution is -2.23. The zero-order chi connectivity index (χ0) is 18.0. The van der Waals surface area contributed by atoms with E-state index in [-0.39, 0.29) is 5.91 Å². The Morgan fingerprint density at radius 3 is 2.84 bits per heavy atom. The Morgan fingerprint density at radius 1 is 1.32 bits per heavy atom. The monoisotopic (exact) mass is 342 g/mol. The van der Waals surface area contributed by atoms with E-state index in [1.807, 2.05) is 25.1 Å². The van der Waals surface area contributed by atoms with Crippen LogP contribution in [0.1, 0.15) is 41.4 Å². The Hall–Kier alpha value is -2.76. The highest BCUT2D eigenvalue weighted by Gasteiger charge is 2.18. The number of furan rings is 1. The van der Waals surface area contributed by atoms with Crippen molar-refractivity contribution in [1.82, 2.24) is 10.5 Å². The molecule has 3 aromatic rings. The molecule has 2 heterocycles. The third kappa shape index (κ3) is 3.68. The molecule has 6 nitrogen and oxygen atoms in total. The quantitative estimate of drug-likeness (QED) is 0.736. The third-order valence-corrected chi connectivity index (χ3v) is 4.00. The molecule has 1 aromatic carbocycles. The molecule has 132 valence electrons. The van der Waals surface area contributed by atoms with Crippen LogP contribution < -0.4 is 10.1 Å². The van der Waals surface area contributed by atoms with Crippen molar-refractivity contribution in [2.45, 2.75) is 33.7 Å². The van der Waals surface area contributed by atoms with Crippen LogP contribution in [-0.2, 0) is 13.0 Å². The van der Waals surface area contributed by atoms with Crippen molar-refractivity contribution in [1.29, 1.82) is 0 Å². The Labute approximate surface area is 146 Å². The van der Waals surface area contributed by atoms with Crippen molar-refractivity contribution in [3.63, 3.8) is 0 Å². The first-order chi connectivity index (χ1) is 12.0. The molecule has 0 saturated heterocycles. The van der Waals surface area contributed by atoms with Crippen LogP contribution in [0.4, 0.5) is 0 Å². The molecule has 0 radical (unpaired) electrons. The topological polar surface area (TPSA) is 77.5 Å². The van der Waals surface area contributed by atoms with Gasteiger partial charge in [0, 0.05) is 29.5 Å². The number of hydrogen-bond acceptors (Lipinski definition) is 5. The number of amides is 1. The molecule has 0 aliphatic heterocycles. The summed E-state index contributed by atoms with van der Waals surface area (Å²) >= 11 is 0. The Kier molecular flexibility index (Phi) is 4.79. The van der Waals surface area contributed by atoms with Gasteiger partial charge in [-0.1, -0.05) is 19.0 Å². The predicted molar refractivity (Wildman–Crippen MR) is 93.7 cm³/mol. The summed E-state index contributed by atoms with van der Waals surface area (Å²) in [7, 11) is 1.59. The van der Waals surface area contributed by atoms with Gasteiger partial charge in [0.15, 0.2) is 5.76 Å². The molecular formula is C19H22N2O4. The molecule has 6 heteroatoms. The highest BCUT2D eigenvalue weighted by molar-refractivity contribution is 5.99. The number of rotatable bonds is 6. The number of carbonyl (C=O) groups is 1. The first kappa shape index (κ1) is 17.1. The van der Waals surface area contributed by atoms with Gasteiger partial charge in [0.05, 0.1) is 13.7 Å². The fourth-order valence-electron chi connectivity index (χ4n) is 2.74. The summed E-state index contributed by atoms with van der Waals surface area (Å²) in [5, 5.41) is 7.71. The largest absolute Gasteiger partial charge is 0.497 e. The number of aromatic nitrogens is 1. The third-order valence-electron chi connectivity index (χ3n) is 4.00. The Morgan fingerprint density at radius 2 is 2.12 bits per heavy atom. The molecule has 3 rings (SSSR count). The normalized spacial score (nSPS) is 11.2. The van der Waals surface area contributed by atoms with Gasteiger partial charge in [0.2, 0.25) is 0 Å². The average Bonchev–Trinajstić information content (AvgIpc) is 3.16. The lowest BCUT2D eigenvalue weighted by molar-refractivity contribution is 0.0923. The van der Waals surface area contributed by atoms with Crippen LogP contribution in [0.15, 0.2) is 33.2 Å². The molecule has 0 saturated carbocycles. The van der Waals surface area contributed by atoms with E-state index in [9.17, 15) is 4.79 Å². The number of nitrogens with zero attached hydrogens (tertiary/aromatic N) is 1. The molecule has 0 spiro atoms. The summed E-state index contributed by atoms with van der Waals surface area (Å²) in [4.78, 5) is 12.5. The van der Waals surface area contributed by atoms with E-state index in [1.54, 1.807) is 13.2 Å². The van der Waals surface area contributed by atoms with Crippen LogP contribution in [0.25, 0.3) is 11.0 Å².